The molecule has 0 bridgehead atoms. The molecule has 0 saturated heterocycles. The van der Waals surface area contributed by atoms with Gasteiger partial charge in [-0.05, 0) is 85.1 Å². The molecule has 2 atom stereocenters. The largest absolute Gasteiger partial charge is 0.0955 e. The highest BCUT2D eigenvalue weighted by Gasteiger charge is 2.20. The van der Waals surface area contributed by atoms with E-state index in [0.717, 1.165) is 23.3 Å². The Morgan fingerprint density at radius 2 is 1.63 bits per heavy atom. The van der Waals surface area contributed by atoms with Crippen molar-refractivity contribution in [3.05, 3.63) is 83.4 Å². The second-order valence-corrected chi connectivity index (χ2v) is 8.29. The molecule has 0 amide bonds. The molecule has 0 saturated carbocycles. The van der Waals surface area contributed by atoms with Crippen molar-refractivity contribution in [1.82, 2.24) is 0 Å². The average Bonchev–Trinajstić information content (AvgIpc) is 2.65. The van der Waals surface area contributed by atoms with Crippen LogP contribution in [0.25, 0.3) is 11.1 Å². The Kier molecular flexibility index (Phi) is 7.74. The molecule has 0 fully saturated rings. The summed E-state index contributed by atoms with van der Waals surface area (Å²) in [6, 6.07) is 17.3. The molecule has 142 valence electrons. The molecular formula is C26H32S. The van der Waals surface area contributed by atoms with Gasteiger partial charge in [0.25, 0.3) is 0 Å². The van der Waals surface area contributed by atoms with Gasteiger partial charge < -0.3 is 0 Å². The maximum absolute atomic E-state index is 5.67. The summed E-state index contributed by atoms with van der Waals surface area (Å²) in [6.45, 7) is 15.0. The molecule has 0 nitrogen and oxygen atoms in total. The third-order valence-corrected chi connectivity index (χ3v) is 5.80. The Bertz CT molecular complexity index is 841. The van der Waals surface area contributed by atoms with Crippen LogP contribution >= 0.6 is 12.2 Å². The van der Waals surface area contributed by atoms with Gasteiger partial charge in [0.05, 0.1) is 0 Å². The van der Waals surface area contributed by atoms with Crippen LogP contribution in [0.3, 0.4) is 0 Å². The second-order valence-electron chi connectivity index (χ2n) is 7.64. The fraction of sp³-hybridized carbons (Fsp3) is 0.346. The van der Waals surface area contributed by atoms with E-state index in [1.165, 1.54) is 27.8 Å². The van der Waals surface area contributed by atoms with Gasteiger partial charge in [0.1, 0.15) is 0 Å². The number of allylic oxidation sites excluding steroid dienone is 3. The topological polar surface area (TPSA) is 0 Å². The van der Waals surface area contributed by atoms with E-state index in [1.807, 2.05) is 0 Å². The molecule has 0 aliphatic carbocycles. The van der Waals surface area contributed by atoms with Gasteiger partial charge >= 0.3 is 0 Å². The average molecular weight is 377 g/mol. The van der Waals surface area contributed by atoms with Crippen LogP contribution in [0.4, 0.5) is 0 Å². The van der Waals surface area contributed by atoms with Gasteiger partial charge in [0, 0.05) is 0 Å². The fourth-order valence-corrected chi connectivity index (χ4v) is 4.02. The number of aryl methyl sites for hydroxylation is 1. The lowest BCUT2D eigenvalue weighted by molar-refractivity contribution is 0.567. The number of rotatable bonds is 8. The summed E-state index contributed by atoms with van der Waals surface area (Å²) in [5.74, 6) is 0.828. The van der Waals surface area contributed by atoms with Crippen molar-refractivity contribution in [3.63, 3.8) is 0 Å². The summed E-state index contributed by atoms with van der Waals surface area (Å²) in [6.07, 6.45) is 4.30. The maximum atomic E-state index is 5.67. The molecule has 0 spiro atoms. The molecule has 1 unspecified atom stereocenters. The molecule has 0 aliphatic rings. The van der Waals surface area contributed by atoms with Crippen LogP contribution < -0.4 is 0 Å². The van der Waals surface area contributed by atoms with Crippen molar-refractivity contribution < 1.29 is 0 Å². The highest BCUT2D eigenvalue weighted by molar-refractivity contribution is 7.80. The van der Waals surface area contributed by atoms with E-state index in [-0.39, 0.29) is 0 Å². The maximum Gasteiger partial charge on any atom is -0.00547 e. The highest BCUT2D eigenvalue weighted by Crippen LogP contribution is 2.34. The standard InChI is InChI=1S/C26H32S/c1-7-22(25-14-9-8-12-19(25)4)17-23(21(6)27)16-20(5)26-15-11-10-13-24(26)18(2)3/h7-15,20,23H,2,16-17H2,1,3-6H3/b22-7-/t20?,23-/m0/s1. The zero-order chi connectivity index (χ0) is 20.0. The minimum Gasteiger partial charge on any atom is -0.0955 e. The van der Waals surface area contributed by atoms with Crippen LogP contribution in [0.1, 0.15) is 68.7 Å². The van der Waals surface area contributed by atoms with E-state index in [0.29, 0.717) is 11.8 Å². The molecular weight excluding hydrogens is 344 g/mol. The quantitative estimate of drug-likeness (QED) is 0.420. The normalized spacial score (nSPS) is 13.9. The van der Waals surface area contributed by atoms with Gasteiger partial charge in [-0.25, -0.2) is 0 Å². The molecule has 2 rings (SSSR count). The number of thiocarbonyl (C=S) groups is 1. The van der Waals surface area contributed by atoms with Gasteiger partial charge in [-0.1, -0.05) is 85.9 Å². The van der Waals surface area contributed by atoms with Crippen molar-refractivity contribution in [2.75, 3.05) is 0 Å². The Morgan fingerprint density at radius 3 is 2.19 bits per heavy atom. The van der Waals surface area contributed by atoms with Gasteiger partial charge in [0.2, 0.25) is 0 Å². The monoisotopic (exact) mass is 376 g/mol. The lowest BCUT2D eigenvalue weighted by atomic mass is 9.81. The van der Waals surface area contributed by atoms with Crippen LogP contribution in [0, 0.1) is 12.8 Å². The molecule has 27 heavy (non-hydrogen) atoms. The Labute approximate surface area is 171 Å². The first-order chi connectivity index (χ1) is 12.8. The van der Waals surface area contributed by atoms with E-state index in [9.17, 15) is 0 Å². The fourth-order valence-electron chi connectivity index (χ4n) is 3.84. The summed E-state index contributed by atoms with van der Waals surface area (Å²) in [5, 5.41) is 0. The minimum absolute atomic E-state index is 0.388. The first-order valence-corrected chi connectivity index (χ1v) is 10.2. The number of hydrogen-bond donors (Lipinski definition) is 0. The third kappa shape index (κ3) is 5.49. The van der Waals surface area contributed by atoms with Crippen molar-refractivity contribution in [3.8, 4) is 0 Å². The molecule has 0 aromatic heterocycles. The third-order valence-electron chi connectivity index (χ3n) is 5.47. The molecule has 1 heteroatoms. The summed E-state index contributed by atoms with van der Waals surface area (Å²) < 4.78 is 0. The molecule has 2 aromatic carbocycles. The van der Waals surface area contributed by atoms with Crippen LogP contribution in [0.15, 0.2) is 61.2 Å². The predicted molar refractivity (Wildman–Crippen MR) is 125 cm³/mol. The lowest BCUT2D eigenvalue weighted by Crippen LogP contribution is -2.14. The van der Waals surface area contributed by atoms with Crippen molar-refractivity contribution in [2.24, 2.45) is 5.92 Å². The van der Waals surface area contributed by atoms with E-state index in [4.69, 9.17) is 12.2 Å². The van der Waals surface area contributed by atoms with Crippen LogP contribution in [0.2, 0.25) is 0 Å². The van der Waals surface area contributed by atoms with Crippen LogP contribution in [-0.2, 0) is 0 Å². The zero-order valence-corrected chi connectivity index (χ0v) is 18.2. The van der Waals surface area contributed by atoms with Crippen molar-refractivity contribution in [1.29, 1.82) is 0 Å². The zero-order valence-electron chi connectivity index (χ0n) is 17.4. The van der Waals surface area contributed by atoms with Crippen molar-refractivity contribution in [2.45, 2.75) is 53.4 Å². The first kappa shape index (κ1) is 21.3. The minimum atomic E-state index is 0.388. The van der Waals surface area contributed by atoms with E-state index in [2.05, 4.69) is 95.8 Å². The van der Waals surface area contributed by atoms with E-state index in [1.54, 1.807) is 0 Å². The summed E-state index contributed by atoms with van der Waals surface area (Å²) in [5.41, 5.74) is 7.84. The molecule has 0 radical (unpaired) electrons. The Morgan fingerprint density at radius 1 is 1.04 bits per heavy atom. The first-order valence-electron chi connectivity index (χ1n) is 9.81. The molecule has 0 heterocycles. The van der Waals surface area contributed by atoms with Crippen LogP contribution in [-0.4, -0.2) is 4.86 Å². The van der Waals surface area contributed by atoms with E-state index < -0.39 is 0 Å². The predicted octanol–water partition coefficient (Wildman–Crippen LogP) is 8.02. The summed E-state index contributed by atoms with van der Waals surface area (Å²) in [7, 11) is 0. The number of benzene rings is 2. The van der Waals surface area contributed by atoms with Crippen LogP contribution in [0.5, 0.6) is 0 Å². The Hall–Kier alpha value is -1.99. The summed E-state index contributed by atoms with van der Waals surface area (Å²) in [4.78, 5) is 1.10. The van der Waals surface area contributed by atoms with Crippen molar-refractivity contribution >= 4 is 28.2 Å². The van der Waals surface area contributed by atoms with E-state index >= 15 is 0 Å². The van der Waals surface area contributed by atoms with Gasteiger partial charge in [-0.15, -0.1) is 0 Å². The SMILES string of the molecule is C=C(C)c1ccccc1C(C)C[C@@H](C/C(=C/C)c1ccccc1C)C(C)=S. The van der Waals surface area contributed by atoms with Gasteiger partial charge in [-0.3, -0.25) is 0 Å². The number of hydrogen-bond acceptors (Lipinski definition) is 1. The van der Waals surface area contributed by atoms with Gasteiger partial charge in [0.15, 0.2) is 0 Å². The molecule has 2 aromatic rings. The highest BCUT2D eigenvalue weighted by atomic mass is 32.1. The lowest BCUT2D eigenvalue weighted by Gasteiger charge is -2.24. The second kappa shape index (κ2) is 9.80. The summed E-state index contributed by atoms with van der Waals surface area (Å²) >= 11 is 5.67. The smallest absolute Gasteiger partial charge is 0.00547 e. The molecule has 0 N–H and O–H groups in total. The van der Waals surface area contributed by atoms with Gasteiger partial charge in [-0.2, -0.15) is 0 Å². The Balaban J connectivity index is 2.25. The molecule has 0 aliphatic heterocycles.